The monoisotopic (exact) mass is 293 g/mol. The van der Waals surface area contributed by atoms with Gasteiger partial charge >= 0.3 is 0 Å². The summed E-state index contributed by atoms with van der Waals surface area (Å²) in [7, 11) is 4.02. The Morgan fingerprint density at radius 2 is 1.86 bits per heavy atom. The van der Waals surface area contributed by atoms with Gasteiger partial charge in [-0.1, -0.05) is 36.4 Å². The van der Waals surface area contributed by atoms with Crippen LogP contribution >= 0.6 is 0 Å². The van der Waals surface area contributed by atoms with Gasteiger partial charge in [-0.25, -0.2) is 0 Å². The third-order valence-corrected chi connectivity index (χ3v) is 5.57. The number of ether oxygens (including phenoxy) is 1. The Labute approximate surface area is 132 Å². The molecule has 2 nitrogen and oxygen atoms in total. The number of nitrogens with zero attached hydrogens (tertiary/aromatic N) is 1. The van der Waals surface area contributed by atoms with Gasteiger partial charge in [0.1, 0.15) is 5.75 Å². The van der Waals surface area contributed by atoms with Gasteiger partial charge < -0.3 is 9.64 Å². The van der Waals surface area contributed by atoms with Crippen LogP contribution in [-0.4, -0.2) is 31.6 Å². The summed E-state index contributed by atoms with van der Waals surface area (Å²) in [5.41, 5.74) is 4.47. The van der Waals surface area contributed by atoms with E-state index in [0.29, 0.717) is 17.9 Å². The van der Waals surface area contributed by atoms with Crippen LogP contribution in [0.2, 0.25) is 0 Å². The van der Waals surface area contributed by atoms with E-state index in [4.69, 9.17) is 4.74 Å². The standard InChI is InChI=1S/C20H23NO/c1-21-11-10-18-16-8-3-4-9-17(16)19(13-20(18)21)14-6-5-7-15(12-14)22-2/h3-9,12,18-20H,10-11,13H2,1-2H3/t18-,19-,20-/m1/s1. The Morgan fingerprint density at radius 3 is 2.68 bits per heavy atom. The first-order valence-electron chi connectivity index (χ1n) is 8.21. The lowest BCUT2D eigenvalue weighted by Crippen LogP contribution is -2.34. The van der Waals surface area contributed by atoms with Gasteiger partial charge in [0.05, 0.1) is 7.11 Å². The largest absolute Gasteiger partial charge is 0.497 e. The summed E-state index contributed by atoms with van der Waals surface area (Å²) < 4.78 is 5.43. The second-order valence-electron chi connectivity index (χ2n) is 6.64. The maximum absolute atomic E-state index is 5.43. The average molecular weight is 293 g/mol. The zero-order chi connectivity index (χ0) is 15.1. The van der Waals surface area contributed by atoms with Crippen LogP contribution in [0.4, 0.5) is 0 Å². The Morgan fingerprint density at radius 1 is 1.05 bits per heavy atom. The second kappa shape index (κ2) is 5.44. The van der Waals surface area contributed by atoms with Crippen molar-refractivity contribution in [3.8, 4) is 5.75 Å². The van der Waals surface area contributed by atoms with E-state index in [1.807, 2.05) is 6.07 Å². The first kappa shape index (κ1) is 13.8. The van der Waals surface area contributed by atoms with Crippen molar-refractivity contribution in [2.75, 3.05) is 20.7 Å². The minimum absolute atomic E-state index is 0.480. The maximum atomic E-state index is 5.43. The third kappa shape index (κ3) is 2.14. The predicted octanol–water partition coefficient (Wildman–Crippen LogP) is 4.02. The summed E-state index contributed by atoms with van der Waals surface area (Å²) in [6.07, 6.45) is 2.51. The molecule has 0 unspecified atom stereocenters. The van der Waals surface area contributed by atoms with Crippen LogP contribution in [0.3, 0.4) is 0 Å². The minimum Gasteiger partial charge on any atom is -0.497 e. The van der Waals surface area contributed by atoms with E-state index in [9.17, 15) is 0 Å². The number of hydrogen-bond donors (Lipinski definition) is 0. The van der Waals surface area contributed by atoms with Gasteiger partial charge in [-0.2, -0.15) is 0 Å². The average Bonchev–Trinajstić information content (AvgIpc) is 2.95. The van der Waals surface area contributed by atoms with E-state index in [0.717, 1.165) is 5.75 Å². The number of hydrogen-bond acceptors (Lipinski definition) is 2. The van der Waals surface area contributed by atoms with Crippen LogP contribution in [-0.2, 0) is 0 Å². The minimum atomic E-state index is 0.480. The summed E-state index contributed by atoms with van der Waals surface area (Å²) in [4.78, 5) is 2.55. The molecule has 2 aromatic carbocycles. The molecule has 0 amide bonds. The molecule has 0 N–H and O–H groups in total. The number of methoxy groups -OCH3 is 1. The molecule has 4 rings (SSSR count). The van der Waals surface area contributed by atoms with Crippen LogP contribution in [0.25, 0.3) is 0 Å². The van der Waals surface area contributed by atoms with Crippen molar-refractivity contribution in [3.63, 3.8) is 0 Å². The van der Waals surface area contributed by atoms with E-state index in [2.05, 4.69) is 54.4 Å². The molecule has 0 saturated carbocycles. The lowest BCUT2D eigenvalue weighted by Gasteiger charge is -2.37. The number of likely N-dealkylation sites (N-methyl/N-ethyl adjacent to an activating group) is 1. The molecule has 1 aliphatic carbocycles. The zero-order valence-corrected chi connectivity index (χ0v) is 13.3. The van der Waals surface area contributed by atoms with Crippen LogP contribution < -0.4 is 4.74 Å². The van der Waals surface area contributed by atoms with E-state index >= 15 is 0 Å². The quantitative estimate of drug-likeness (QED) is 0.829. The molecule has 1 aliphatic heterocycles. The molecule has 2 heteroatoms. The van der Waals surface area contributed by atoms with Gasteiger partial charge in [-0.15, -0.1) is 0 Å². The van der Waals surface area contributed by atoms with Gasteiger partial charge in [0.2, 0.25) is 0 Å². The fourth-order valence-corrected chi connectivity index (χ4v) is 4.42. The summed E-state index contributed by atoms with van der Waals surface area (Å²) in [6, 6.07) is 18.3. The molecular formula is C20H23NO. The molecule has 22 heavy (non-hydrogen) atoms. The van der Waals surface area contributed by atoms with Crippen LogP contribution in [0.15, 0.2) is 48.5 Å². The van der Waals surface area contributed by atoms with Gasteiger partial charge in [0, 0.05) is 17.9 Å². The van der Waals surface area contributed by atoms with Crippen molar-refractivity contribution in [2.45, 2.75) is 30.7 Å². The molecule has 0 radical (unpaired) electrons. The Bertz CT molecular complexity index is 681. The lowest BCUT2D eigenvalue weighted by atomic mass is 9.71. The number of fused-ring (bicyclic) bond motifs is 3. The van der Waals surface area contributed by atoms with Crippen LogP contribution in [0.5, 0.6) is 5.75 Å². The number of rotatable bonds is 2. The highest BCUT2D eigenvalue weighted by molar-refractivity contribution is 5.45. The van der Waals surface area contributed by atoms with E-state index < -0.39 is 0 Å². The van der Waals surface area contributed by atoms with E-state index in [-0.39, 0.29) is 0 Å². The molecule has 2 aromatic rings. The molecule has 0 bridgehead atoms. The zero-order valence-electron chi connectivity index (χ0n) is 13.3. The highest BCUT2D eigenvalue weighted by atomic mass is 16.5. The first-order valence-corrected chi connectivity index (χ1v) is 8.21. The van der Waals surface area contributed by atoms with Gasteiger partial charge in [0.15, 0.2) is 0 Å². The number of likely N-dealkylation sites (tertiary alicyclic amines) is 1. The van der Waals surface area contributed by atoms with Crippen LogP contribution in [0.1, 0.15) is 41.4 Å². The third-order valence-electron chi connectivity index (χ3n) is 5.57. The Hall–Kier alpha value is -1.80. The van der Waals surface area contributed by atoms with Gasteiger partial charge in [-0.3, -0.25) is 0 Å². The van der Waals surface area contributed by atoms with Crippen molar-refractivity contribution in [3.05, 3.63) is 65.2 Å². The van der Waals surface area contributed by atoms with Gasteiger partial charge in [-0.05, 0) is 55.3 Å². The summed E-state index contributed by atoms with van der Waals surface area (Å²) in [6.45, 7) is 1.22. The normalized spacial score (nSPS) is 27.3. The summed E-state index contributed by atoms with van der Waals surface area (Å²) in [5.74, 6) is 2.15. The summed E-state index contributed by atoms with van der Waals surface area (Å²) in [5, 5.41) is 0. The fraction of sp³-hybridized carbons (Fsp3) is 0.400. The van der Waals surface area contributed by atoms with Crippen molar-refractivity contribution in [1.29, 1.82) is 0 Å². The number of benzene rings is 2. The molecule has 3 atom stereocenters. The van der Waals surface area contributed by atoms with E-state index in [1.54, 1.807) is 12.7 Å². The lowest BCUT2D eigenvalue weighted by molar-refractivity contribution is 0.265. The molecule has 1 heterocycles. The molecule has 2 aliphatic rings. The predicted molar refractivity (Wildman–Crippen MR) is 89.7 cm³/mol. The molecule has 1 saturated heterocycles. The van der Waals surface area contributed by atoms with Crippen LogP contribution in [0, 0.1) is 0 Å². The van der Waals surface area contributed by atoms with Crippen molar-refractivity contribution < 1.29 is 4.74 Å². The second-order valence-corrected chi connectivity index (χ2v) is 6.64. The highest BCUT2D eigenvalue weighted by Crippen LogP contribution is 2.48. The smallest absolute Gasteiger partial charge is 0.119 e. The Kier molecular flexibility index (Phi) is 3.42. The molecular weight excluding hydrogens is 270 g/mol. The molecule has 0 aromatic heterocycles. The molecule has 1 fully saturated rings. The first-order chi connectivity index (χ1) is 10.8. The van der Waals surface area contributed by atoms with E-state index in [1.165, 1.54) is 30.5 Å². The van der Waals surface area contributed by atoms with Crippen molar-refractivity contribution in [1.82, 2.24) is 4.90 Å². The van der Waals surface area contributed by atoms with Crippen molar-refractivity contribution in [2.24, 2.45) is 0 Å². The van der Waals surface area contributed by atoms with Gasteiger partial charge in [0.25, 0.3) is 0 Å². The Balaban J connectivity index is 1.80. The summed E-state index contributed by atoms with van der Waals surface area (Å²) >= 11 is 0. The topological polar surface area (TPSA) is 12.5 Å². The highest BCUT2D eigenvalue weighted by Gasteiger charge is 2.40. The fourth-order valence-electron chi connectivity index (χ4n) is 4.42. The SMILES string of the molecule is COc1cccc([C@H]2C[C@@H]3[C@H](CCN3C)c3ccccc32)c1. The maximum Gasteiger partial charge on any atom is 0.119 e. The van der Waals surface area contributed by atoms with Crippen molar-refractivity contribution >= 4 is 0 Å². The molecule has 114 valence electrons. The molecule has 0 spiro atoms.